The number of unbranched alkanes of at least 4 members (excludes halogenated alkanes) is 2. The number of benzene rings is 1. The van der Waals surface area contributed by atoms with Gasteiger partial charge in [0.15, 0.2) is 5.52 Å². The summed E-state index contributed by atoms with van der Waals surface area (Å²) in [6.07, 6.45) is 1.02. The lowest BCUT2D eigenvalue weighted by Crippen LogP contribution is -2.50. The summed E-state index contributed by atoms with van der Waals surface area (Å²) >= 11 is 0. The fourth-order valence-electron chi connectivity index (χ4n) is 4.35. The minimum Gasteiger partial charge on any atom is -0.480 e. The van der Waals surface area contributed by atoms with Crippen LogP contribution in [0, 0.1) is 10.1 Å². The van der Waals surface area contributed by atoms with Crippen molar-refractivity contribution in [1.82, 2.24) is 26.3 Å². The maximum atomic E-state index is 12.5. The molecule has 0 unspecified atom stereocenters. The fraction of sp³-hybridized carbons (Fsp3) is 0.556. The van der Waals surface area contributed by atoms with Gasteiger partial charge in [0.1, 0.15) is 24.2 Å². The lowest BCUT2D eigenvalue weighted by molar-refractivity contribution is -0.383. The molecule has 258 valence electrons. The summed E-state index contributed by atoms with van der Waals surface area (Å²) in [6.45, 7) is 1.83. The number of rotatable bonds is 22. The van der Waals surface area contributed by atoms with Crippen molar-refractivity contribution in [2.75, 3.05) is 11.9 Å². The van der Waals surface area contributed by atoms with Crippen LogP contribution < -0.4 is 27.0 Å². The van der Waals surface area contributed by atoms with Gasteiger partial charge < -0.3 is 42.3 Å². The van der Waals surface area contributed by atoms with Gasteiger partial charge in [-0.05, 0) is 61.8 Å². The third-order valence-electron chi connectivity index (χ3n) is 6.99. The number of nitrogens with zero attached hydrogens (tertiary/aromatic N) is 3. The number of carboxylic acid groups (broad SMARTS) is 3. The second kappa shape index (κ2) is 18.5. The van der Waals surface area contributed by atoms with Gasteiger partial charge in [0.2, 0.25) is 23.2 Å². The van der Waals surface area contributed by atoms with Gasteiger partial charge in [-0.15, -0.1) is 0 Å². The molecule has 2 aromatic rings. The van der Waals surface area contributed by atoms with Gasteiger partial charge in [-0.3, -0.25) is 29.3 Å². The van der Waals surface area contributed by atoms with Crippen LogP contribution in [0.4, 0.5) is 11.4 Å². The predicted molar refractivity (Wildman–Crippen MR) is 161 cm³/mol. The lowest BCUT2D eigenvalue weighted by atomic mass is 10.1. The molecule has 3 amide bonds. The normalized spacial score (nSPS) is 13.5. The number of nitro benzene ring substituents is 1. The smallest absolute Gasteiger partial charge is 0.326 e. The highest BCUT2D eigenvalue weighted by Gasteiger charge is 2.26. The van der Waals surface area contributed by atoms with Gasteiger partial charge in [-0.1, -0.05) is 6.42 Å². The molecule has 0 radical (unpaired) electrons. The van der Waals surface area contributed by atoms with E-state index >= 15 is 0 Å². The van der Waals surface area contributed by atoms with Crippen molar-refractivity contribution >= 4 is 58.0 Å². The monoisotopic (exact) mass is 666 g/mol. The summed E-state index contributed by atoms with van der Waals surface area (Å²) in [5.74, 6) is -6.07. The van der Waals surface area contributed by atoms with Crippen molar-refractivity contribution in [2.24, 2.45) is 5.73 Å². The number of fused-ring (bicyclic) bond motifs is 1. The molecule has 20 nitrogen and oxygen atoms in total. The Kier molecular flexibility index (Phi) is 14.9. The Hall–Kier alpha value is -5.40. The third-order valence-corrected chi connectivity index (χ3v) is 6.99. The largest absolute Gasteiger partial charge is 0.480 e. The molecule has 0 aliphatic rings. The number of hydrogen-bond acceptors (Lipinski definition) is 13. The predicted octanol–water partition coefficient (Wildman–Crippen LogP) is 0.109. The number of hydrogen-bond donors (Lipinski definition) is 8. The first-order valence-corrected chi connectivity index (χ1v) is 14.7. The summed E-state index contributed by atoms with van der Waals surface area (Å²) in [6, 6.07) is -2.32. The molecule has 0 aliphatic carbocycles. The van der Waals surface area contributed by atoms with Gasteiger partial charge in [0.05, 0.1) is 10.6 Å². The van der Waals surface area contributed by atoms with E-state index in [1.54, 1.807) is 0 Å². The highest BCUT2D eigenvalue weighted by Crippen LogP contribution is 2.28. The van der Waals surface area contributed by atoms with E-state index in [1.807, 2.05) is 0 Å². The van der Waals surface area contributed by atoms with Gasteiger partial charge in [0, 0.05) is 25.5 Å². The molecule has 1 aromatic heterocycles. The molecular formula is C27H38N8O12. The zero-order valence-electron chi connectivity index (χ0n) is 25.5. The first-order valence-electron chi connectivity index (χ1n) is 14.7. The molecule has 0 aliphatic heterocycles. The van der Waals surface area contributed by atoms with Crippen molar-refractivity contribution in [3.8, 4) is 0 Å². The average Bonchev–Trinajstić information content (AvgIpc) is 3.50. The molecule has 0 saturated carbocycles. The number of nitrogens with two attached hydrogens (primary N) is 1. The highest BCUT2D eigenvalue weighted by atomic mass is 16.6. The Balaban J connectivity index is 1.70. The maximum Gasteiger partial charge on any atom is 0.326 e. The van der Waals surface area contributed by atoms with Crippen LogP contribution in [0.15, 0.2) is 16.8 Å². The molecule has 0 spiro atoms. The van der Waals surface area contributed by atoms with Gasteiger partial charge in [-0.25, -0.2) is 14.2 Å². The van der Waals surface area contributed by atoms with Crippen LogP contribution in [0.25, 0.3) is 11.0 Å². The number of anilines is 1. The molecule has 2 rings (SSSR count). The first kappa shape index (κ1) is 37.8. The van der Waals surface area contributed by atoms with E-state index in [1.165, 1.54) is 19.1 Å². The van der Waals surface area contributed by atoms with E-state index in [-0.39, 0.29) is 48.8 Å². The van der Waals surface area contributed by atoms with Crippen LogP contribution in [0.5, 0.6) is 0 Å². The number of nitro groups is 1. The molecule has 9 N–H and O–H groups in total. The standard InChI is InChI=1S/C27H38N8O12/c1-14(30-20(36)8-3-2-4-13-29-16-9-11-19(35(45)46)23-22(16)33-47-34-23)24(38)32-18(27(43)44)10-12-21(37)31-17(26(41)42)7-5-6-15(28)25(39)40/h9,11,14-15,17-18,29H,2-8,10,12-13,28H2,1H3,(H,30,36)(H,31,37)(H,32,38)(H,39,40)(H,41,42)(H,43,44)/t14-,15+,17-,18+/m0/s1. The SMILES string of the molecule is C[C@H](NC(=O)CCCCCNc1ccc([N+](=O)[O-])c2nonc12)C(=O)N[C@H](CCC(=O)N[C@@H](CCC[C@@H](N)C(=O)O)C(=O)O)C(=O)O. The molecule has 0 bridgehead atoms. The van der Waals surface area contributed by atoms with Gasteiger partial charge >= 0.3 is 23.6 Å². The lowest BCUT2D eigenvalue weighted by Gasteiger charge is -2.19. The van der Waals surface area contributed by atoms with Crippen LogP contribution in [0.3, 0.4) is 0 Å². The molecule has 0 fully saturated rings. The maximum absolute atomic E-state index is 12.5. The fourth-order valence-corrected chi connectivity index (χ4v) is 4.35. The summed E-state index contributed by atoms with van der Waals surface area (Å²) in [5.41, 5.74) is 5.90. The molecule has 1 heterocycles. The van der Waals surface area contributed by atoms with Crippen molar-refractivity contribution in [3.05, 3.63) is 22.2 Å². The van der Waals surface area contributed by atoms with E-state index in [0.717, 1.165) is 0 Å². The van der Waals surface area contributed by atoms with Crippen molar-refractivity contribution in [3.63, 3.8) is 0 Å². The van der Waals surface area contributed by atoms with Gasteiger partial charge in [0.25, 0.3) is 0 Å². The second-order valence-electron chi connectivity index (χ2n) is 10.6. The zero-order valence-corrected chi connectivity index (χ0v) is 25.5. The molecule has 47 heavy (non-hydrogen) atoms. The average molecular weight is 667 g/mol. The van der Waals surface area contributed by atoms with Gasteiger partial charge in [-0.2, -0.15) is 0 Å². The second-order valence-corrected chi connectivity index (χ2v) is 10.6. The van der Waals surface area contributed by atoms with E-state index < -0.39 is 71.1 Å². The Morgan fingerprint density at radius 2 is 1.47 bits per heavy atom. The molecule has 0 saturated heterocycles. The molecule has 20 heteroatoms. The topological polar surface area (TPSA) is 319 Å². The van der Waals surface area contributed by atoms with Crippen LogP contribution in [0.1, 0.15) is 64.7 Å². The van der Waals surface area contributed by atoms with Crippen LogP contribution in [-0.4, -0.2) is 96.9 Å². The van der Waals surface area contributed by atoms with Crippen LogP contribution in [-0.2, 0) is 28.8 Å². The van der Waals surface area contributed by atoms with Crippen molar-refractivity contribution < 1.29 is 53.6 Å². The quantitative estimate of drug-likeness (QED) is 0.0469. The summed E-state index contributed by atoms with van der Waals surface area (Å²) in [4.78, 5) is 81.5. The number of amides is 3. The number of aromatic nitrogens is 2. The van der Waals surface area contributed by atoms with E-state index in [0.29, 0.717) is 31.5 Å². The third kappa shape index (κ3) is 12.5. The van der Waals surface area contributed by atoms with Crippen LogP contribution in [0.2, 0.25) is 0 Å². The molecule has 4 atom stereocenters. The summed E-state index contributed by atoms with van der Waals surface area (Å²) < 4.78 is 4.62. The summed E-state index contributed by atoms with van der Waals surface area (Å²) in [7, 11) is 0. The Bertz CT molecular complexity index is 1450. The summed E-state index contributed by atoms with van der Waals surface area (Å²) in [5, 5.41) is 56.0. The first-order chi connectivity index (χ1) is 22.2. The minimum atomic E-state index is -1.50. The number of aliphatic carboxylic acids is 3. The Labute approximate surface area is 266 Å². The highest BCUT2D eigenvalue weighted by molar-refractivity contribution is 5.93. The molecular weight excluding hydrogens is 628 g/mol. The Morgan fingerprint density at radius 3 is 2.11 bits per heavy atom. The number of carboxylic acids is 3. The van der Waals surface area contributed by atoms with Crippen molar-refractivity contribution in [1.29, 1.82) is 0 Å². The number of non-ortho nitro benzene ring substituents is 1. The van der Waals surface area contributed by atoms with E-state index in [9.17, 15) is 49.1 Å². The number of carbonyl (C=O) groups is 6. The number of carbonyl (C=O) groups excluding carboxylic acids is 3. The zero-order chi connectivity index (χ0) is 35.1. The van der Waals surface area contributed by atoms with E-state index in [2.05, 4.69) is 36.2 Å². The van der Waals surface area contributed by atoms with E-state index in [4.69, 9.17) is 10.8 Å². The number of nitrogens with one attached hydrogen (secondary N) is 4. The van der Waals surface area contributed by atoms with Crippen molar-refractivity contribution in [2.45, 2.75) is 88.9 Å². The van der Waals surface area contributed by atoms with Crippen LogP contribution >= 0.6 is 0 Å². The Morgan fingerprint density at radius 1 is 0.830 bits per heavy atom. The molecule has 1 aromatic carbocycles. The minimum absolute atomic E-state index is 0.00716.